The average Bonchev–Trinajstić information content (AvgIpc) is 3.58. The van der Waals surface area contributed by atoms with Crippen molar-refractivity contribution >= 4 is 21.6 Å². The van der Waals surface area contributed by atoms with Gasteiger partial charge < -0.3 is 33.0 Å². The summed E-state index contributed by atoms with van der Waals surface area (Å²) in [6.45, 7) is 2.08. The predicted molar refractivity (Wildman–Crippen MR) is 154 cm³/mol. The molecule has 2 heterocycles. The lowest BCUT2D eigenvalue weighted by atomic mass is 10.1. The van der Waals surface area contributed by atoms with Crippen LogP contribution in [0.15, 0.2) is 54.6 Å². The Kier molecular flexibility index (Phi) is 7.26. The first-order valence-electron chi connectivity index (χ1n) is 12.2. The Labute approximate surface area is 231 Å². The fraction of sp³-hybridized carbons (Fsp3) is 0.233. The van der Waals surface area contributed by atoms with Crippen LogP contribution in [-0.4, -0.2) is 52.2 Å². The molecule has 5 rings (SSSR count). The zero-order chi connectivity index (χ0) is 27.7. The maximum Gasteiger partial charge on any atom is 0.204 e. The van der Waals surface area contributed by atoms with Crippen molar-refractivity contribution in [2.75, 3.05) is 42.7 Å². The first kappa shape index (κ1) is 26.2. The number of aromatic nitrogens is 2. The second kappa shape index (κ2) is 10.8. The molecule has 39 heavy (non-hydrogen) atoms. The molecule has 0 atom stereocenters. The zero-order valence-electron chi connectivity index (χ0n) is 22.9. The minimum atomic E-state index is 0.556. The standard InChI is InChI=1S/C30H30N2O6S/c1-17-8-13-22(19-14-23(33-2)26(36-5)24(15-19)34-3)32(17)20-11-9-18(10-12-20)30-31-21-16-25(35-4)27(37-6)28(38-7)29(21)39-30/h8-16H,1-7H3. The van der Waals surface area contributed by atoms with Gasteiger partial charge in [0.15, 0.2) is 23.0 Å². The van der Waals surface area contributed by atoms with Crippen molar-refractivity contribution in [2.45, 2.75) is 6.92 Å². The number of rotatable bonds is 9. The van der Waals surface area contributed by atoms with Gasteiger partial charge in [0.05, 0.1) is 53.9 Å². The summed E-state index contributed by atoms with van der Waals surface area (Å²) >= 11 is 1.55. The molecule has 0 aliphatic heterocycles. The van der Waals surface area contributed by atoms with Gasteiger partial charge >= 0.3 is 0 Å². The van der Waals surface area contributed by atoms with E-state index in [9.17, 15) is 0 Å². The minimum absolute atomic E-state index is 0.556. The molecule has 0 fully saturated rings. The van der Waals surface area contributed by atoms with E-state index >= 15 is 0 Å². The lowest BCUT2D eigenvalue weighted by Gasteiger charge is -2.16. The van der Waals surface area contributed by atoms with Gasteiger partial charge in [-0.25, -0.2) is 4.98 Å². The van der Waals surface area contributed by atoms with Gasteiger partial charge in [0.25, 0.3) is 0 Å². The second-order valence-electron chi connectivity index (χ2n) is 8.67. The van der Waals surface area contributed by atoms with Crippen LogP contribution < -0.4 is 28.4 Å². The average molecular weight is 547 g/mol. The van der Waals surface area contributed by atoms with Gasteiger partial charge in [-0.1, -0.05) is 0 Å². The van der Waals surface area contributed by atoms with E-state index in [-0.39, 0.29) is 0 Å². The van der Waals surface area contributed by atoms with E-state index in [1.807, 2.05) is 18.2 Å². The predicted octanol–water partition coefficient (Wildman–Crippen LogP) is 6.78. The molecule has 0 saturated carbocycles. The molecular formula is C30H30N2O6S. The summed E-state index contributed by atoms with van der Waals surface area (Å²) in [5.41, 5.74) is 5.85. The van der Waals surface area contributed by atoms with E-state index in [4.69, 9.17) is 33.4 Å². The number of hydrogen-bond acceptors (Lipinski definition) is 8. The third-order valence-electron chi connectivity index (χ3n) is 6.59. The van der Waals surface area contributed by atoms with Crippen molar-refractivity contribution in [2.24, 2.45) is 0 Å². The van der Waals surface area contributed by atoms with Gasteiger partial charge in [-0.05, 0) is 55.5 Å². The molecule has 0 aliphatic carbocycles. The van der Waals surface area contributed by atoms with Crippen LogP contribution in [-0.2, 0) is 0 Å². The van der Waals surface area contributed by atoms with Gasteiger partial charge in [-0.3, -0.25) is 0 Å². The van der Waals surface area contributed by atoms with Gasteiger partial charge in [0.2, 0.25) is 11.5 Å². The minimum Gasteiger partial charge on any atom is -0.493 e. The highest BCUT2D eigenvalue weighted by Crippen LogP contribution is 2.47. The van der Waals surface area contributed by atoms with Crippen LogP contribution >= 0.6 is 11.3 Å². The summed E-state index contributed by atoms with van der Waals surface area (Å²) < 4.78 is 36.5. The largest absolute Gasteiger partial charge is 0.493 e. The summed E-state index contributed by atoms with van der Waals surface area (Å²) in [7, 11) is 9.66. The first-order valence-corrected chi connectivity index (χ1v) is 13.0. The van der Waals surface area contributed by atoms with Crippen LogP contribution in [0, 0.1) is 6.92 Å². The molecule has 5 aromatic rings. The van der Waals surface area contributed by atoms with E-state index in [0.717, 1.165) is 43.4 Å². The monoisotopic (exact) mass is 546 g/mol. The molecule has 0 spiro atoms. The molecule has 202 valence electrons. The molecule has 0 radical (unpaired) electrons. The lowest BCUT2D eigenvalue weighted by molar-refractivity contribution is 0.324. The van der Waals surface area contributed by atoms with Crippen molar-refractivity contribution < 1.29 is 28.4 Å². The molecular weight excluding hydrogens is 516 g/mol. The third-order valence-corrected chi connectivity index (χ3v) is 7.71. The molecule has 2 aromatic heterocycles. The highest BCUT2D eigenvalue weighted by atomic mass is 32.1. The van der Waals surface area contributed by atoms with Crippen molar-refractivity contribution in [3.63, 3.8) is 0 Å². The van der Waals surface area contributed by atoms with E-state index < -0.39 is 0 Å². The summed E-state index contributed by atoms with van der Waals surface area (Å²) in [5.74, 6) is 3.52. The number of fused-ring (bicyclic) bond motifs is 1. The number of ether oxygens (including phenoxy) is 6. The summed E-state index contributed by atoms with van der Waals surface area (Å²) in [4.78, 5) is 4.86. The molecule has 8 nitrogen and oxygen atoms in total. The number of benzene rings is 3. The molecule has 0 saturated heterocycles. The maximum absolute atomic E-state index is 5.66. The van der Waals surface area contributed by atoms with Crippen molar-refractivity contribution in [1.82, 2.24) is 9.55 Å². The molecule has 0 unspecified atom stereocenters. The molecule has 0 N–H and O–H groups in total. The molecule has 0 amide bonds. The Morgan fingerprint density at radius 3 is 1.77 bits per heavy atom. The first-order chi connectivity index (χ1) is 19.0. The summed E-state index contributed by atoms with van der Waals surface area (Å²) in [6, 6.07) is 18.3. The van der Waals surface area contributed by atoms with E-state index in [0.29, 0.717) is 34.5 Å². The summed E-state index contributed by atoms with van der Waals surface area (Å²) in [6.07, 6.45) is 0. The highest BCUT2D eigenvalue weighted by Gasteiger charge is 2.21. The number of nitrogens with zero attached hydrogens (tertiary/aromatic N) is 2. The Bertz CT molecular complexity index is 1610. The van der Waals surface area contributed by atoms with E-state index in [1.54, 1.807) is 54.0 Å². The van der Waals surface area contributed by atoms with Gasteiger partial charge in [-0.2, -0.15) is 0 Å². The number of aryl methyl sites for hydroxylation is 1. The normalized spacial score (nSPS) is 10.9. The van der Waals surface area contributed by atoms with Crippen molar-refractivity contribution in [3.05, 3.63) is 60.3 Å². The Hall–Kier alpha value is -4.37. The molecule has 3 aromatic carbocycles. The Morgan fingerprint density at radius 1 is 0.615 bits per heavy atom. The molecule has 0 bridgehead atoms. The van der Waals surface area contributed by atoms with Crippen molar-refractivity contribution in [3.8, 4) is 62.0 Å². The van der Waals surface area contributed by atoms with Gasteiger partial charge in [-0.15, -0.1) is 11.3 Å². The number of thiazole rings is 1. The quantitative estimate of drug-likeness (QED) is 0.202. The van der Waals surface area contributed by atoms with Crippen LogP contribution in [0.25, 0.3) is 37.7 Å². The number of methoxy groups -OCH3 is 6. The zero-order valence-corrected chi connectivity index (χ0v) is 23.8. The Balaban J connectivity index is 1.56. The fourth-order valence-corrected chi connectivity index (χ4v) is 5.81. The maximum atomic E-state index is 5.66. The highest BCUT2D eigenvalue weighted by molar-refractivity contribution is 7.22. The van der Waals surface area contributed by atoms with Crippen LogP contribution in [0.5, 0.6) is 34.5 Å². The number of hydrogen-bond donors (Lipinski definition) is 0. The van der Waals surface area contributed by atoms with E-state index in [2.05, 4.69) is 47.9 Å². The van der Waals surface area contributed by atoms with Crippen LogP contribution in [0.3, 0.4) is 0 Å². The van der Waals surface area contributed by atoms with Gasteiger partial charge in [0.1, 0.15) is 9.71 Å². The van der Waals surface area contributed by atoms with E-state index in [1.165, 1.54) is 0 Å². The Morgan fingerprint density at radius 2 is 1.21 bits per heavy atom. The smallest absolute Gasteiger partial charge is 0.204 e. The summed E-state index contributed by atoms with van der Waals surface area (Å²) in [5, 5.41) is 0.874. The fourth-order valence-electron chi connectivity index (χ4n) is 4.74. The van der Waals surface area contributed by atoms with Gasteiger partial charge in [0, 0.05) is 28.6 Å². The topological polar surface area (TPSA) is 73.2 Å². The van der Waals surface area contributed by atoms with Crippen LogP contribution in [0.4, 0.5) is 0 Å². The SMILES string of the molecule is COc1cc(-c2ccc(C)n2-c2ccc(-c3nc4cc(OC)c(OC)c(OC)c4s3)cc2)cc(OC)c1OC. The molecule has 9 heteroatoms. The van der Waals surface area contributed by atoms with Crippen LogP contribution in [0.2, 0.25) is 0 Å². The van der Waals surface area contributed by atoms with Crippen LogP contribution in [0.1, 0.15) is 5.69 Å². The third kappa shape index (κ3) is 4.48. The lowest BCUT2D eigenvalue weighted by Crippen LogP contribution is -2.00. The van der Waals surface area contributed by atoms with Crippen molar-refractivity contribution in [1.29, 1.82) is 0 Å². The second-order valence-corrected chi connectivity index (χ2v) is 9.67. The molecule has 0 aliphatic rings.